The molecule has 4 rings (SSSR count). The zero-order valence-electron chi connectivity index (χ0n) is 15.8. The third kappa shape index (κ3) is 3.98. The summed E-state index contributed by atoms with van der Waals surface area (Å²) in [6.45, 7) is 2.24. The number of nitrogens with one attached hydrogen (secondary N) is 1. The van der Waals surface area contributed by atoms with Crippen LogP contribution in [0.25, 0.3) is 22.5 Å². The number of carbonyl (C=O) groups excluding carboxylic acids is 1. The first-order valence-corrected chi connectivity index (χ1v) is 9.36. The molecule has 144 valence electrons. The lowest BCUT2D eigenvalue weighted by molar-refractivity contribution is -0.0933. The van der Waals surface area contributed by atoms with E-state index < -0.39 is 0 Å². The summed E-state index contributed by atoms with van der Waals surface area (Å²) < 4.78 is 11.0. The van der Waals surface area contributed by atoms with Crippen molar-refractivity contribution >= 4 is 5.91 Å². The molecule has 0 unspecified atom stereocenters. The molecule has 2 heterocycles. The number of benzene rings is 2. The second-order valence-electron chi connectivity index (χ2n) is 6.82. The second kappa shape index (κ2) is 8.37. The summed E-state index contributed by atoms with van der Waals surface area (Å²) in [5, 5.41) is 0. The van der Waals surface area contributed by atoms with E-state index in [2.05, 4.69) is 9.97 Å². The van der Waals surface area contributed by atoms with Crippen LogP contribution in [0.15, 0.2) is 60.9 Å². The third-order valence-corrected chi connectivity index (χ3v) is 4.82. The van der Waals surface area contributed by atoms with E-state index in [4.69, 9.17) is 9.47 Å². The van der Waals surface area contributed by atoms with Gasteiger partial charge in [-0.05, 0) is 12.1 Å². The molecule has 1 aromatic heterocycles. The minimum absolute atomic E-state index is 0.0337. The van der Waals surface area contributed by atoms with Crippen molar-refractivity contribution in [3.8, 4) is 22.5 Å². The summed E-state index contributed by atoms with van der Waals surface area (Å²) in [6.07, 6.45) is 1.62. The molecule has 1 aliphatic rings. The molecule has 0 bridgehead atoms. The number of aromatic nitrogens is 2. The molecule has 0 saturated carbocycles. The lowest BCUT2D eigenvalue weighted by Gasteiger charge is -2.27. The van der Waals surface area contributed by atoms with Crippen LogP contribution in [0, 0.1) is 0 Å². The highest BCUT2D eigenvalue weighted by atomic mass is 16.6. The number of nitrogens with zero attached hydrogens (tertiary/aromatic N) is 2. The largest absolute Gasteiger partial charge is 0.376 e. The average molecular weight is 377 g/mol. The summed E-state index contributed by atoms with van der Waals surface area (Å²) in [7, 11) is 1.79. The molecular formula is C22H23N3O3. The van der Waals surface area contributed by atoms with Gasteiger partial charge in [-0.25, -0.2) is 4.98 Å². The quantitative estimate of drug-likeness (QED) is 0.741. The maximum Gasteiger partial charge on any atom is 0.253 e. The van der Waals surface area contributed by atoms with Gasteiger partial charge in [-0.15, -0.1) is 0 Å². The van der Waals surface area contributed by atoms with Crippen LogP contribution in [0.5, 0.6) is 0 Å². The van der Waals surface area contributed by atoms with Crippen LogP contribution >= 0.6 is 0 Å². The van der Waals surface area contributed by atoms with Gasteiger partial charge in [0, 0.05) is 30.3 Å². The SMILES string of the molecule is CN(C[C@@H]1COCCO1)C(=O)c1ccc(-c2[nH]cnc2-c2ccccc2)cc1. The van der Waals surface area contributed by atoms with Crippen LogP contribution in [0.4, 0.5) is 0 Å². The molecule has 3 aromatic rings. The van der Waals surface area contributed by atoms with Crippen molar-refractivity contribution in [2.45, 2.75) is 6.10 Å². The zero-order valence-corrected chi connectivity index (χ0v) is 15.8. The fourth-order valence-electron chi connectivity index (χ4n) is 3.36. The molecule has 1 fully saturated rings. The first-order chi connectivity index (χ1) is 13.7. The van der Waals surface area contributed by atoms with Gasteiger partial charge in [-0.2, -0.15) is 0 Å². The summed E-state index contributed by atoms with van der Waals surface area (Å²) in [5.41, 5.74) is 4.51. The lowest BCUT2D eigenvalue weighted by Crippen LogP contribution is -2.40. The predicted molar refractivity (Wildman–Crippen MR) is 107 cm³/mol. The van der Waals surface area contributed by atoms with Crippen molar-refractivity contribution in [1.82, 2.24) is 14.9 Å². The highest BCUT2D eigenvalue weighted by molar-refractivity contribution is 5.94. The molecule has 1 atom stereocenters. The molecule has 0 radical (unpaired) electrons. The fraction of sp³-hybridized carbons (Fsp3) is 0.273. The van der Waals surface area contributed by atoms with Gasteiger partial charge in [-0.3, -0.25) is 4.79 Å². The Hall–Kier alpha value is -2.96. The first-order valence-electron chi connectivity index (χ1n) is 9.36. The molecule has 6 nitrogen and oxygen atoms in total. The Kier molecular flexibility index (Phi) is 5.50. The number of likely N-dealkylation sites (N-methyl/N-ethyl adjacent to an activating group) is 1. The lowest BCUT2D eigenvalue weighted by atomic mass is 10.0. The van der Waals surface area contributed by atoms with Gasteiger partial charge >= 0.3 is 0 Å². The smallest absolute Gasteiger partial charge is 0.253 e. The molecule has 1 N–H and O–H groups in total. The highest BCUT2D eigenvalue weighted by Crippen LogP contribution is 2.29. The van der Waals surface area contributed by atoms with Crippen molar-refractivity contribution in [2.24, 2.45) is 0 Å². The molecule has 2 aromatic carbocycles. The monoisotopic (exact) mass is 377 g/mol. The molecule has 1 aliphatic heterocycles. The summed E-state index contributed by atoms with van der Waals surface area (Å²) in [4.78, 5) is 22.1. The van der Waals surface area contributed by atoms with E-state index in [1.807, 2.05) is 54.6 Å². The van der Waals surface area contributed by atoms with Gasteiger partial charge in [0.1, 0.15) is 0 Å². The van der Waals surface area contributed by atoms with Gasteiger partial charge in [0.15, 0.2) is 0 Å². The van der Waals surface area contributed by atoms with E-state index in [1.54, 1.807) is 18.3 Å². The van der Waals surface area contributed by atoms with E-state index in [9.17, 15) is 4.79 Å². The van der Waals surface area contributed by atoms with Gasteiger partial charge < -0.3 is 19.4 Å². The van der Waals surface area contributed by atoms with Crippen molar-refractivity contribution < 1.29 is 14.3 Å². The molecule has 6 heteroatoms. The van der Waals surface area contributed by atoms with E-state index >= 15 is 0 Å². The third-order valence-electron chi connectivity index (χ3n) is 4.82. The number of hydrogen-bond acceptors (Lipinski definition) is 4. The number of hydrogen-bond donors (Lipinski definition) is 1. The van der Waals surface area contributed by atoms with Crippen molar-refractivity contribution in [3.05, 3.63) is 66.5 Å². The van der Waals surface area contributed by atoms with E-state index in [0.29, 0.717) is 31.9 Å². The van der Waals surface area contributed by atoms with Crippen LogP contribution in [-0.4, -0.2) is 60.3 Å². The Bertz CT molecular complexity index is 916. The van der Waals surface area contributed by atoms with E-state index in [0.717, 1.165) is 22.5 Å². The molecule has 1 saturated heterocycles. The summed E-state index contributed by atoms with van der Waals surface area (Å²) in [5.74, 6) is -0.0337. The second-order valence-corrected chi connectivity index (χ2v) is 6.82. The highest BCUT2D eigenvalue weighted by Gasteiger charge is 2.20. The number of carbonyl (C=O) groups is 1. The normalized spacial score (nSPS) is 16.7. The Morgan fingerprint density at radius 2 is 1.89 bits per heavy atom. The number of amides is 1. The maximum atomic E-state index is 12.7. The maximum absolute atomic E-state index is 12.7. The van der Waals surface area contributed by atoms with Gasteiger partial charge in [0.05, 0.1) is 43.6 Å². The first kappa shape index (κ1) is 18.4. The minimum Gasteiger partial charge on any atom is -0.376 e. The fourth-order valence-corrected chi connectivity index (χ4v) is 3.36. The van der Waals surface area contributed by atoms with Crippen LogP contribution < -0.4 is 0 Å². The van der Waals surface area contributed by atoms with Gasteiger partial charge in [0.2, 0.25) is 0 Å². The molecule has 28 heavy (non-hydrogen) atoms. The minimum atomic E-state index is -0.0691. The Labute approximate surface area is 164 Å². The van der Waals surface area contributed by atoms with Crippen LogP contribution in [-0.2, 0) is 9.47 Å². The van der Waals surface area contributed by atoms with Crippen molar-refractivity contribution in [1.29, 1.82) is 0 Å². The molecule has 0 aliphatic carbocycles. The number of H-pyrrole nitrogens is 1. The number of rotatable bonds is 5. The van der Waals surface area contributed by atoms with Crippen LogP contribution in [0.2, 0.25) is 0 Å². The Morgan fingerprint density at radius 3 is 2.61 bits per heavy atom. The Balaban J connectivity index is 1.48. The number of ether oxygens (including phenoxy) is 2. The predicted octanol–water partition coefficient (Wildman–Crippen LogP) is 3.23. The molecule has 1 amide bonds. The standard InChI is InChI=1S/C22H23N3O3/c1-25(13-19-14-27-11-12-28-19)22(26)18-9-7-17(8-10-18)21-20(23-15-24-21)16-5-3-2-4-6-16/h2-10,15,19H,11-14H2,1H3,(H,23,24)/t19-/m1/s1. The number of aromatic amines is 1. The summed E-state index contributed by atoms with van der Waals surface area (Å²) >= 11 is 0. The van der Waals surface area contributed by atoms with E-state index in [1.165, 1.54) is 0 Å². The molecular weight excluding hydrogens is 354 g/mol. The summed E-state index contributed by atoms with van der Waals surface area (Å²) in [6, 6.07) is 17.6. The van der Waals surface area contributed by atoms with E-state index in [-0.39, 0.29) is 12.0 Å². The molecule has 0 spiro atoms. The zero-order chi connectivity index (χ0) is 19.3. The van der Waals surface area contributed by atoms with Gasteiger partial charge in [0.25, 0.3) is 5.91 Å². The van der Waals surface area contributed by atoms with Crippen LogP contribution in [0.1, 0.15) is 10.4 Å². The topological polar surface area (TPSA) is 67.5 Å². The average Bonchev–Trinajstić information content (AvgIpc) is 3.24. The van der Waals surface area contributed by atoms with Crippen LogP contribution in [0.3, 0.4) is 0 Å². The van der Waals surface area contributed by atoms with Crippen molar-refractivity contribution in [3.63, 3.8) is 0 Å². The number of imidazole rings is 1. The van der Waals surface area contributed by atoms with Crippen molar-refractivity contribution in [2.75, 3.05) is 33.4 Å². The van der Waals surface area contributed by atoms with Gasteiger partial charge in [-0.1, -0.05) is 42.5 Å². The Morgan fingerprint density at radius 1 is 1.11 bits per heavy atom.